The van der Waals surface area contributed by atoms with Crippen LogP contribution in [0.3, 0.4) is 0 Å². The Morgan fingerprint density at radius 2 is 1.97 bits per heavy atom. The maximum Gasteiger partial charge on any atom is 0.410 e. The number of amides is 1. The number of halogens is 1. The van der Waals surface area contributed by atoms with E-state index in [-0.39, 0.29) is 36.1 Å². The molecule has 0 aromatic heterocycles. The number of allylic oxidation sites excluding steroid dienone is 1. The molecule has 30 heavy (non-hydrogen) atoms. The van der Waals surface area contributed by atoms with Gasteiger partial charge >= 0.3 is 6.09 Å². The van der Waals surface area contributed by atoms with E-state index in [1.807, 2.05) is 32.7 Å². The number of carbonyl (C=O) groups excluding carboxylic acids is 1. The predicted molar refractivity (Wildman–Crippen MR) is 134 cm³/mol. The number of guanidine groups is 1. The quantitative estimate of drug-likeness (QED) is 0.231. The summed E-state index contributed by atoms with van der Waals surface area (Å²) >= 11 is 0. The molecule has 0 spiro atoms. The van der Waals surface area contributed by atoms with Crippen molar-refractivity contribution in [3.63, 3.8) is 0 Å². The molecule has 1 heterocycles. The summed E-state index contributed by atoms with van der Waals surface area (Å²) in [7, 11) is 1.86. The average molecular weight is 533 g/mol. The first-order chi connectivity index (χ1) is 13.9. The van der Waals surface area contributed by atoms with E-state index in [9.17, 15) is 4.79 Å². The van der Waals surface area contributed by atoms with Crippen molar-refractivity contribution in [1.29, 1.82) is 0 Å². The minimum atomic E-state index is -0.444. The van der Waals surface area contributed by atoms with Gasteiger partial charge in [-0.3, -0.25) is 4.99 Å². The molecule has 6 nitrogen and oxygen atoms in total. The van der Waals surface area contributed by atoms with E-state index < -0.39 is 5.60 Å². The Hall–Kier alpha value is -0.990. The van der Waals surface area contributed by atoms with Gasteiger partial charge in [0, 0.05) is 39.3 Å². The highest BCUT2D eigenvalue weighted by Gasteiger charge is 2.35. The number of carbonyl (C=O) groups is 1. The van der Waals surface area contributed by atoms with Crippen LogP contribution in [0.1, 0.15) is 72.1 Å². The molecule has 0 unspecified atom stereocenters. The summed E-state index contributed by atoms with van der Waals surface area (Å²) in [6.07, 6.45) is 11.6. The van der Waals surface area contributed by atoms with Crippen LogP contribution in [0, 0.1) is 5.92 Å². The first kappa shape index (κ1) is 25.3. The van der Waals surface area contributed by atoms with Crippen LogP contribution in [-0.4, -0.2) is 66.7 Å². The van der Waals surface area contributed by atoms with E-state index >= 15 is 0 Å². The Morgan fingerprint density at radius 1 is 1.27 bits per heavy atom. The normalized spacial score (nSPS) is 20.5. The number of ether oxygens (including phenoxy) is 1. The highest BCUT2D eigenvalue weighted by Crippen LogP contribution is 2.32. The second-order valence-corrected chi connectivity index (χ2v) is 9.77. The lowest BCUT2D eigenvalue weighted by Gasteiger charge is -2.40. The summed E-state index contributed by atoms with van der Waals surface area (Å²) < 4.78 is 5.71. The number of piperidine rings is 1. The van der Waals surface area contributed by atoms with Crippen LogP contribution in [0.15, 0.2) is 16.6 Å². The zero-order valence-corrected chi connectivity index (χ0v) is 21.6. The van der Waals surface area contributed by atoms with Gasteiger partial charge in [-0.15, -0.1) is 24.0 Å². The number of likely N-dealkylation sites (tertiary alicyclic amines) is 1. The molecule has 3 rings (SSSR count). The lowest BCUT2D eigenvalue weighted by molar-refractivity contribution is 0.00929. The van der Waals surface area contributed by atoms with Crippen molar-refractivity contribution < 1.29 is 9.53 Å². The highest BCUT2D eigenvalue weighted by atomic mass is 127. The molecular weight excluding hydrogens is 491 g/mol. The maximum absolute atomic E-state index is 12.8. The van der Waals surface area contributed by atoms with Gasteiger partial charge in [0.15, 0.2) is 5.96 Å². The van der Waals surface area contributed by atoms with Crippen molar-refractivity contribution in [3.05, 3.63) is 11.6 Å². The van der Waals surface area contributed by atoms with Gasteiger partial charge in [0.1, 0.15) is 5.60 Å². The fraction of sp³-hybridized carbons (Fsp3) is 0.826. The van der Waals surface area contributed by atoms with E-state index in [1.165, 1.54) is 32.1 Å². The first-order valence-corrected chi connectivity index (χ1v) is 11.5. The maximum atomic E-state index is 12.8. The van der Waals surface area contributed by atoms with Gasteiger partial charge in [0.2, 0.25) is 0 Å². The molecule has 1 N–H and O–H groups in total. The number of hydrogen-bond donors (Lipinski definition) is 1. The Kier molecular flexibility index (Phi) is 9.75. The van der Waals surface area contributed by atoms with Crippen LogP contribution in [-0.2, 0) is 4.74 Å². The van der Waals surface area contributed by atoms with E-state index in [1.54, 1.807) is 5.57 Å². The van der Waals surface area contributed by atoms with E-state index in [0.29, 0.717) is 5.92 Å². The Balaban J connectivity index is 0.00000320. The Morgan fingerprint density at radius 3 is 2.50 bits per heavy atom. The van der Waals surface area contributed by atoms with Crippen molar-refractivity contribution in [1.82, 2.24) is 15.1 Å². The Bertz CT molecular complexity index is 617. The van der Waals surface area contributed by atoms with Gasteiger partial charge in [-0.2, -0.15) is 0 Å². The van der Waals surface area contributed by atoms with Crippen LogP contribution >= 0.6 is 24.0 Å². The topological polar surface area (TPSA) is 57.2 Å². The van der Waals surface area contributed by atoms with Gasteiger partial charge in [0.25, 0.3) is 0 Å². The summed E-state index contributed by atoms with van der Waals surface area (Å²) in [4.78, 5) is 21.7. The smallest absolute Gasteiger partial charge is 0.410 e. The highest BCUT2D eigenvalue weighted by molar-refractivity contribution is 14.0. The number of nitrogens with one attached hydrogen (secondary N) is 1. The van der Waals surface area contributed by atoms with Crippen molar-refractivity contribution in [2.24, 2.45) is 10.9 Å². The lowest BCUT2D eigenvalue weighted by atomic mass is 10.0. The Labute approximate surface area is 199 Å². The lowest BCUT2D eigenvalue weighted by Crippen LogP contribution is -2.52. The molecule has 1 saturated heterocycles. The van der Waals surface area contributed by atoms with Gasteiger partial charge in [-0.1, -0.05) is 11.6 Å². The van der Waals surface area contributed by atoms with Crippen molar-refractivity contribution in [3.8, 4) is 0 Å². The molecule has 1 amide bonds. The molecule has 1 aliphatic heterocycles. The average Bonchev–Trinajstić information content (AvgIpc) is 3.35. The zero-order chi connectivity index (χ0) is 20.9. The van der Waals surface area contributed by atoms with Crippen LogP contribution in [0.25, 0.3) is 0 Å². The molecule has 172 valence electrons. The monoisotopic (exact) mass is 532 g/mol. The van der Waals surface area contributed by atoms with Crippen LogP contribution < -0.4 is 5.32 Å². The fourth-order valence-corrected chi connectivity index (χ4v) is 4.29. The molecule has 2 aliphatic carbocycles. The molecule has 0 radical (unpaired) electrons. The zero-order valence-electron chi connectivity index (χ0n) is 19.3. The molecule has 1 saturated carbocycles. The summed E-state index contributed by atoms with van der Waals surface area (Å²) in [6.45, 7) is 9.49. The SMILES string of the molecule is CN=C(NCCC1=CCCC1)N1CCC(N(CC2CC2)C(=O)OC(C)(C)C)CC1.I. The molecule has 3 aliphatic rings. The fourth-order valence-electron chi connectivity index (χ4n) is 4.29. The summed E-state index contributed by atoms with van der Waals surface area (Å²) in [6, 6.07) is 0.267. The van der Waals surface area contributed by atoms with Gasteiger partial charge in [-0.25, -0.2) is 4.79 Å². The minimum Gasteiger partial charge on any atom is -0.444 e. The number of rotatable bonds is 6. The molecule has 0 aromatic rings. The third-order valence-electron chi connectivity index (χ3n) is 6.06. The molecule has 2 fully saturated rings. The second-order valence-electron chi connectivity index (χ2n) is 9.77. The van der Waals surface area contributed by atoms with E-state index in [0.717, 1.165) is 51.4 Å². The summed E-state index contributed by atoms with van der Waals surface area (Å²) in [5, 5.41) is 3.54. The van der Waals surface area contributed by atoms with Crippen LogP contribution in [0.5, 0.6) is 0 Å². The van der Waals surface area contributed by atoms with Gasteiger partial charge in [-0.05, 0) is 78.1 Å². The van der Waals surface area contributed by atoms with E-state index in [4.69, 9.17) is 4.74 Å². The standard InChI is InChI=1S/C23H40N4O2.HI/c1-23(2,3)29-22(28)27(17-19-9-10-19)20-12-15-26(16-13-20)21(24-4)25-14-11-18-7-5-6-8-18;/h7,19-20H,5-6,8-17H2,1-4H3,(H,24,25);1H. The summed E-state index contributed by atoms with van der Waals surface area (Å²) in [5.41, 5.74) is 1.14. The van der Waals surface area contributed by atoms with E-state index in [2.05, 4.69) is 21.3 Å². The molecule has 0 atom stereocenters. The van der Waals surface area contributed by atoms with Gasteiger partial charge in [0.05, 0.1) is 0 Å². The molecule has 0 bridgehead atoms. The summed E-state index contributed by atoms with van der Waals surface area (Å²) in [5.74, 6) is 1.66. The van der Waals surface area contributed by atoms with Crippen molar-refractivity contribution in [2.45, 2.75) is 83.8 Å². The van der Waals surface area contributed by atoms with Crippen LogP contribution in [0.4, 0.5) is 4.79 Å². The predicted octanol–water partition coefficient (Wildman–Crippen LogP) is 4.79. The second kappa shape index (κ2) is 11.6. The number of aliphatic imine (C=N–C) groups is 1. The van der Waals surface area contributed by atoms with Crippen LogP contribution in [0.2, 0.25) is 0 Å². The number of hydrogen-bond acceptors (Lipinski definition) is 3. The molecule has 7 heteroatoms. The molecular formula is C23H41IN4O2. The van der Waals surface area contributed by atoms with Crippen molar-refractivity contribution >= 4 is 36.0 Å². The number of nitrogens with zero attached hydrogens (tertiary/aromatic N) is 3. The third-order valence-corrected chi connectivity index (χ3v) is 6.06. The minimum absolute atomic E-state index is 0. The molecule has 0 aromatic carbocycles. The first-order valence-electron chi connectivity index (χ1n) is 11.5. The van der Waals surface area contributed by atoms with Crippen molar-refractivity contribution in [2.75, 3.05) is 33.2 Å². The van der Waals surface area contributed by atoms with Gasteiger partial charge < -0.3 is 19.9 Å². The third kappa shape index (κ3) is 7.93. The largest absolute Gasteiger partial charge is 0.444 e.